The number of hydrogen-bond acceptors (Lipinski definition) is 4. The second-order valence-electron chi connectivity index (χ2n) is 4.17. The van der Waals surface area contributed by atoms with E-state index in [1.54, 1.807) is 24.3 Å². The molecule has 4 nitrogen and oxygen atoms in total. The Morgan fingerprint density at radius 3 is 2.75 bits per heavy atom. The number of aryl methyl sites for hydroxylation is 1. The zero-order chi connectivity index (χ0) is 14.6. The quantitative estimate of drug-likeness (QED) is 0.874. The van der Waals surface area contributed by atoms with Gasteiger partial charge in [-0.15, -0.1) is 0 Å². The van der Waals surface area contributed by atoms with Crippen LogP contribution in [0, 0.1) is 0 Å². The predicted molar refractivity (Wildman–Crippen MR) is 68.5 cm³/mol. The lowest BCUT2D eigenvalue weighted by molar-refractivity contribution is -0.134. The first-order valence-electron chi connectivity index (χ1n) is 5.85. The lowest BCUT2D eigenvalue weighted by Crippen LogP contribution is -2.09. The van der Waals surface area contributed by atoms with Crippen molar-refractivity contribution in [1.29, 1.82) is 0 Å². The van der Waals surface area contributed by atoms with Crippen LogP contribution in [0.2, 0.25) is 0 Å². The van der Waals surface area contributed by atoms with E-state index in [1.165, 1.54) is 6.08 Å². The number of nitrogen functional groups attached to an aromatic ring is 1. The largest absolute Gasteiger partial charge is 0.399 e. The molecule has 0 aliphatic rings. The van der Waals surface area contributed by atoms with Crippen LogP contribution in [-0.4, -0.2) is 16.3 Å². The number of nitrogens with two attached hydrogens (primary N) is 1. The fraction of sp³-hybridized carbons (Fsp3) is 0.231. The Balaban J connectivity index is 1.99. The zero-order valence-electron chi connectivity index (χ0n) is 10.4. The summed E-state index contributed by atoms with van der Waals surface area (Å²) in [7, 11) is 0. The second-order valence-corrected chi connectivity index (χ2v) is 4.17. The van der Waals surface area contributed by atoms with E-state index >= 15 is 0 Å². The predicted octanol–water partition coefficient (Wildman–Crippen LogP) is 3.32. The lowest BCUT2D eigenvalue weighted by Gasteiger charge is -2.01. The molecule has 2 aromatic rings. The van der Waals surface area contributed by atoms with E-state index in [2.05, 4.69) is 10.1 Å². The van der Waals surface area contributed by atoms with Crippen LogP contribution in [-0.2, 0) is 6.42 Å². The molecule has 0 saturated heterocycles. The highest BCUT2D eigenvalue weighted by Crippen LogP contribution is 2.21. The number of alkyl halides is 3. The Bertz CT molecular complexity index is 605. The molecule has 7 heteroatoms. The molecular formula is C13H12F3N3O. The fourth-order valence-corrected chi connectivity index (χ4v) is 1.52. The third-order valence-corrected chi connectivity index (χ3v) is 2.44. The van der Waals surface area contributed by atoms with Crippen LogP contribution in [0.15, 0.2) is 28.8 Å². The van der Waals surface area contributed by atoms with Gasteiger partial charge < -0.3 is 10.3 Å². The van der Waals surface area contributed by atoms with E-state index < -0.39 is 12.6 Å². The Hall–Kier alpha value is -2.31. The summed E-state index contributed by atoms with van der Waals surface area (Å²) < 4.78 is 41.0. The molecule has 0 radical (unpaired) electrons. The molecule has 0 amide bonds. The number of nitrogens with zero attached hydrogens (tertiary/aromatic N) is 2. The average Bonchev–Trinajstić information content (AvgIpc) is 2.81. The molecule has 1 heterocycles. The van der Waals surface area contributed by atoms with E-state index in [4.69, 9.17) is 10.3 Å². The molecular weight excluding hydrogens is 271 g/mol. The van der Waals surface area contributed by atoms with Gasteiger partial charge in [-0.05, 0) is 23.8 Å². The van der Waals surface area contributed by atoms with Gasteiger partial charge in [-0.25, -0.2) is 0 Å². The van der Waals surface area contributed by atoms with Crippen molar-refractivity contribution >= 4 is 17.8 Å². The summed E-state index contributed by atoms with van der Waals surface area (Å²) in [6.45, 7) is 0. The molecule has 106 valence electrons. The first kappa shape index (κ1) is 14.1. The summed E-state index contributed by atoms with van der Waals surface area (Å²) >= 11 is 0. The van der Waals surface area contributed by atoms with Gasteiger partial charge in [0, 0.05) is 18.2 Å². The molecule has 0 aliphatic heterocycles. The maximum atomic E-state index is 12.0. The Kier molecular flexibility index (Phi) is 4.07. The minimum Gasteiger partial charge on any atom is -0.399 e. The Morgan fingerprint density at radius 1 is 1.25 bits per heavy atom. The molecule has 20 heavy (non-hydrogen) atoms. The van der Waals surface area contributed by atoms with Crippen LogP contribution in [0.25, 0.3) is 12.2 Å². The lowest BCUT2D eigenvalue weighted by atomic mass is 10.2. The number of rotatable bonds is 4. The first-order chi connectivity index (χ1) is 9.42. The monoisotopic (exact) mass is 283 g/mol. The van der Waals surface area contributed by atoms with Gasteiger partial charge in [0.25, 0.3) is 5.89 Å². The van der Waals surface area contributed by atoms with E-state index in [-0.39, 0.29) is 18.1 Å². The van der Waals surface area contributed by atoms with Crippen LogP contribution in [0.4, 0.5) is 18.9 Å². The van der Waals surface area contributed by atoms with Gasteiger partial charge in [-0.3, -0.25) is 0 Å². The van der Waals surface area contributed by atoms with Crippen molar-refractivity contribution in [3.63, 3.8) is 0 Å². The highest BCUT2D eigenvalue weighted by Gasteiger charge is 2.27. The number of benzene rings is 1. The van der Waals surface area contributed by atoms with Crippen molar-refractivity contribution in [2.24, 2.45) is 0 Å². The van der Waals surface area contributed by atoms with Gasteiger partial charge in [0.1, 0.15) is 0 Å². The van der Waals surface area contributed by atoms with Crippen molar-refractivity contribution in [3.8, 4) is 0 Å². The standard InChI is InChI=1S/C13H12F3N3O/c14-13(15,16)7-6-11-18-12(20-19-11)5-4-9-2-1-3-10(17)8-9/h1-5,8H,6-7,17H2/b5-4+. The third-order valence-electron chi connectivity index (χ3n) is 2.44. The number of halogens is 3. The van der Waals surface area contributed by atoms with E-state index in [9.17, 15) is 13.2 Å². The van der Waals surface area contributed by atoms with Crippen molar-refractivity contribution in [2.45, 2.75) is 19.0 Å². The fourth-order valence-electron chi connectivity index (χ4n) is 1.52. The van der Waals surface area contributed by atoms with Gasteiger partial charge >= 0.3 is 6.18 Å². The highest BCUT2D eigenvalue weighted by molar-refractivity contribution is 5.67. The van der Waals surface area contributed by atoms with Crippen LogP contribution in [0.3, 0.4) is 0 Å². The minimum atomic E-state index is -4.22. The summed E-state index contributed by atoms with van der Waals surface area (Å²) in [6, 6.07) is 7.11. The Morgan fingerprint density at radius 2 is 2.05 bits per heavy atom. The number of hydrogen-bond donors (Lipinski definition) is 1. The molecule has 1 aromatic carbocycles. The maximum absolute atomic E-state index is 12.0. The smallest absolute Gasteiger partial charge is 0.389 e. The summed E-state index contributed by atoms with van der Waals surface area (Å²) in [6.07, 6.45) is -2.27. The van der Waals surface area contributed by atoms with Gasteiger partial charge in [-0.1, -0.05) is 17.3 Å². The van der Waals surface area contributed by atoms with E-state index in [0.29, 0.717) is 5.69 Å². The molecule has 2 rings (SSSR count). The molecule has 0 unspecified atom stereocenters. The van der Waals surface area contributed by atoms with Gasteiger partial charge in [0.2, 0.25) is 0 Å². The Labute approximate surface area is 113 Å². The van der Waals surface area contributed by atoms with Crippen molar-refractivity contribution < 1.29 is 17.7 Å². The molecule has 0 bridgehead atoms. The summed E-state index contributed by atoms with van der Waals surface area (Å²) in [5.41, 5.74) is 7.07. The van der Waals surface area contributed by atoms with E-state index in [1.807, 2.05) is 6.07 Å². The number of anilines is 1. The van der Waals surface area contributed by atoms with Crippen LogP contribution in [0.5, 0.6) is 0 Å². The van der Waals surface area contributed by atoms with Gasteiger partial charge in [0.05, 0.1) is 6.42 Å². The van der Waals surface area contributed by atoms with Crippen molar-refractivity contribution in [3.05, 3.63) is 41.5 Å². The summed E-state index contributed by atoms with van der Waals surface area (Å²) in [4.78, 5) is 3.85. The molecule has 0 spiro atoms. The van der Waals surface area contributed by atoms with E-state index in [0.717, 1.165) is 5.56 Å². The minimum absolute atomic E-state index is 0.0366. The van der Waals surface area contributed by atoms with Crippen molar-refractivity contribution in [1.82, 2.24) is 10.1 Å². The summed E-state index contributed by atoms with van der Waals surface area (Å²) in [5, 5.41) is 3.49. The summed E-state index contributed by atoms with van der Waals surface area (Å²) in [5.74, 6) is 0.194. The SMILES string of the molecule is Nc1cccc(/C=C/c2nc(CCC(F)(F)F)no2)c1. The van der Waals surface area contributed by atoms with Crippen LogP contribution >= 0.6 is 0 Å². The van der Waals surface area contributed by atoms with Crippen LogP contribution in [0.1, 0.15) is 23.7 Å². The highest BCUT2D eigenvalue weighted by atomic mass is 19.4. The first-order valence-corrected chi connectivity index (χ1v) is 5.85. The molecule has 0 atom stereocenters. The van der Waals surface area contributed by atoms with Gasteiger partial charge in [0.15, 0.2) is 5.82 Å². The molecule has 1 aromatic heterocycles. The number of aromatic nitrogens is 2. The topological polar surface area (TPSA) is 64.9 Å². The normalized spacial score (nSPS) is 12.2. The molecule has 0 saturated carbocycles. The maximum Gasteiger partial charge on any atom is 0.389 e. The zero-order valence-corrected chi connectivity index (χ0v) is 10.4. The molecule has 0 aliphatic carbocycles. The molecule has 0 fully saturated rings. The molecule has 2 N–H and O–H groups in total. The average molecular weight is 283 g/mol. The van der Waals surface area contributed by atoms with Crippen LogP contribution < -0.4 is 5.73 Å². The second kappa shape index (κ2) is 5.77. The van der Waals surface area contributed by atoms with Gasteiger partial charge in [-0.2, -0.15) is 18.2 Å². The van der Waals surface area contributed by atoms with Crippen molar-refractivity contribution in [2.75, 3.05) is 5.73 Å². The third kappa shape index (κ3) is 4.42.